The minimum atomic E-state index is -0.584. The molecule has 5 heteroatoms. The fourth-order valence-electron chi connectivity index (χ4n) is 4.57. The lowest BCUT2D eigenvalue weighted by Gasteiger charge is -2.38. The van der Waals surface area contributed by atoms with E-state index in [9.17, 15) is 9.90 Å². The number of piperidine rings is 1. The first-order chi connectivity index (χ1) is 12.7. The largest absolute Gasteiger partial charge is 0.390 e. The maximum Gasteiger partial charge on any atom is 0.252 e. The maximum absolute atomic E-state index is 12.8. The third kappa shape index (κ3) is 2.88. The van der Waals surface area contributed by atoms with Gasteiger partial charge in [-0.15, -0.1) is 11.3 Å². The highest BCUT2D eigenvalue weighted by Gasteiger charge is 2.52. The van der Waals surface area contributed by atoms with Gasteiger partial charge in [-0.25, -0.2) is 0 Å². The van der Waals surface area contributed by atoms with Crippen LogP contribution >= 0.6 is 11.3 Å². The van der Waals surface area contributed by atoms with Crippen molar-refractivity contribution in [2.75, 3.05) is 13.1 Å². The number of aliphatic hydroxyl groups excluding tert-OH is 1. The van der Waals surface area contributed by atoms with E-state index in [4.69, 9.17) is 0 Å². The minimum absolute atomic E-state index is 0.0894. The van der Waals surface area contributed by atoms with Gasteiger partial charge in [0.2, 0.25) is 0 Å². The molecule has 1 spiro atoms. The molecule has 2 atom stereocenters. The molecule has 138 valence electrons. The number of fused-ring (bicyclic) bond motifs is 2. The van der Waals surface area contributed by atoms with Gasteiger partial charge in [-0.05, 0) is 49.5 Å². The van der Waals surface area contributed by atoms with Crippen molar-refractivity contribution in [2.45, 2.75) is 50.2 Å². The second-order valence-corrected chi connectivity index (χ2v) is 8.44. The number of thiophene rings is 1. The average Bonchev–Trinajstić information content (AvgIpc) is 3.22. The minimum Gasteiger partial charge on any atom is -0.390 e. The number of aryl methyl sites for hydroxylation is 1. The van der Waals surface area contributed by atoms with Crippen molar-refractivity contribution in [3.63, 3.8) is 0 Å². The molecule has 2 aromatic rings. The molecule has 3 N–H and O–H groups in total. The van der Waals surface area contributed by atoms with Crippen molar-refractivity contribution >= 4 is 17.2 Å². The van der Waals surface area contributed by atoms with E-state index in [1.807, 2.05) is 23.6 Å². The Balaban J connectivity index is 1.61. The van der Waals surface area contributed by atoms with Gasteiger partial charge in [0.1, 0.15) is 0 Å². The van der Waals surface area contributed by atoms with Crippen LogP contribution in [0.4, 0.5) is 0 Å². The first-order valence-corrected chi connectivity index (χ1v) is 10.4. The smallest absolute Gasteiger partial charge is 0.252 e. The van der Waals surface area contributed by atoms with Crippen molar-refractivity contribution in [2.24, 2.45) is 0 Å². The van der Waals surface area contributed by atoms with Gasteiger partial charge in [-0.3, -0.25) is 4.79 Å². The number of nitrogens with one attached hydrogen (secondary N) is 2. The lowest BCUT2D eigenvalue weighted by Crippen LogP contribution is -2.48. The van der Waals surface area contributed by atoms with Crippen LogP contribution in [0.3, 0.4) is 0 Å². The monoisotopic (exact) mass is 370 g/mol. The summed E-state index contributed by atoms with van der Waals surface area (Å²) in [6.45, 7) is 3.94. The van der Waals surface area contributed by atoms with Gasteiger partial charge in [0.15, 0.2) is 0 Å². The normalized spacial score (nSPS) is 23.8. The molecular formula is C21H26N2O2S. The van der Waals surface area contributed by atoms with E-state index in [1.54, 1.807) is 11.3 Å². The molecule has 0 bridgehead atoms. The number of carbonyl (C=O) groups is 1. The predicted octanol–water partition coefficient (Wildman–Crippen LogP) is 3.17. The predicted molar refractivity (Wildman–Crippen MR) is 105 cm³/mol. The SMILES string of the molecule is CCCc1cc(C(=O)N[C@@H]2c3ccccc3C3(CCNCC3)[C@H]2O)cs1. The van der Waals surface area contributed by atoms with Crippen LogP contribution < -0.4 is 10.6 Å². The molecule has 1 saturated heterocycles. The molecule has 1 aromatic carbocycles. The van der Waals surface area contributed by atoms with Crippen LogP contribution in [0.1, 0.15) is 58.6 Å². The number of benzene rings is 1. The zero-order chi connectivity index (χ0) is 18.1. The zero-order valence-electron chi connectivity index (χ0n) is 15.1. The van der Waals surface area contributed by atoms with Gasteiger partial charge in [-0.1, -0.05) is 37.6 Å². The highest BCUT2D eigenvalue weighted by molar-refractivity contribution is 7.10. The Bertz CT molecular complexity index is 795. The summed E-state index contributed by atoms with van der Waals surface area (Å²) in [5, 5.41) is 19.7. The maximum atomic E-state index is 12.8. The molecule has 26 heavy (non-hydrogen) atoms. The van der Waals surface area contributed by atoms with Crippen molar-refractivity contribution in [3.05, 3.63) is 57.3 Å². The zero-order valence-corrected chi connectivity index (χ0v) is 15.9. The number of amides is 1. The van der Waals surface area contributed by atoms with Gasteiger partial charge >= 0.3 is 0 Å². The summed E-state index contributed by atoms with van der Waals surface area (Å²) in [7, 11) is 0. The molecule has 2 aliphatic rings. The van der Waals surface area contributed by atoms with Crippen molar-refractivity contribution in [1.82, 2.24) is 10.6 Å². The molecule has 1 aliphatic carbocycles. The van der Waals surface area contributed by atoms with Crippen molar-refractivity contribution < 1.29 is 9.90 Å². The Hall–Kier alpha value is -1.69. The number of rotatable bonds is 4. The Labute approximate surface area is 158 Å². The topological polar surface area (TPSA) is 61.4 Å². The van der Waals surface area contributed by atoms with Crippen LogP contribution in [-0.2, 0) is 11.8 Å². The molecule has 0 radical (unpaired) electrons. The lowest BCUT2D eigenvalue weighted by molar-refractivity contribution is 0.0418. The van der Waals surface area contributed by atoms with Crippen LogP contribution in [-0.4, -0.2) is 30.2 Å². The van der Waals surface area contributed by atoms with E-state index in [-0.39, 0.29) is 17.4 Å². The van der Waals surface area contributed by atoms with Gasteiger partial charge in [-0.2, -0.15) is 0 Å². The Morgan fingerprint density at radius 3 is 2.88 bits per heavy atom. The lowest BCUT2D eigenvalue weighted by atomic mass is 9.72. The number of hydrogen-bond acceptors (Lipinski definition) is 4. The summed E-state index contributed by atoms with van der Waals surface area (Å²) in [5.41, 5.74) is 2.73. The Kier molecular flexibility index (Phi) is 4.86. The molecule has 1 aromatic heterocycles. The Morgan fingerprint density at radius 1 is 1.35 bits per heavy atom. The Morgan fingerprint density at radius 2 is 2.12 bits per heavy atom. The summed E-state index contributed by atoms with van der Waals surface area (Å²) in [4.78, 5) is 14.1. The van der Waals surface area contributed by atoms with Crippen LogP contribution in [0.25, 0.3) is 0 Å². The second kappa shape index (κ2) is 7.14. The van der Waals surface area contributed by atoms with Crippen molar-refractivity contribution in [3.8, 4) is 0 Å². The standard InChI is InChI=1S/C21H26N2O2S/c1-2-5-15-12-14(13-26-15)20(25)23-18-16-6-3-4-7-17(16)21(19(18)24)8-10-22-11-9-21/h3-4,6-7,12-13,18-19,22,24H,2,5,8-11H2,1H3,(H,23,25)/t18-,19+/m1/s1. The van der Waals surface area contributed by atoms with Crippen LogP contribution in [0.2, 0.25) is 0 Å². The van der Waals surface area contributed by atoms with Crippen LogP contribution in [0.15, 0.2) is 35.7 Å². The van der Waals surface area contributed by atoms with E-state index in [1.165, 1.54) is 10.4 Å². The summed E-state index contributed by atoms with van der Waals surface area (Å²) >= 11 is 1.64. The molecule has 1 aliphatic heterocycles. The molecule has 0 unspecified atom stereocenters. The second-order valence-electron chi connectivity index (χ2n) is 7.44. The van der Waals surface area contributed by atoms with Gasteiger partial charge in [0, 0.05) is 15.7 Å². The third-order valence-corrected chi connectivity index (χ3v) is 6.91. The highest BCUT2D eigenvalue weighted by atomic mass is 32.1. The molecular weight excluding hydrogens is 344 g/mol. The molecule has 2 heterocycles. The van der Waals surface area contributed by atoms with Gasteiger partial charge in [0.05, 0.1) is 17.7 Å². The summed E-state index contributed by atoms with van der Waals surface area (Å²) in [6.07, 6.45) is 3.29. The quantitative estimate of drug-likeness (QED) is 0.775. The van der Waals surface area contributed by atoms with Gasteiger partial charge < -0.3 is 15.7 Å². The van der Waals surface area contributed by atoms with E-state index in [2.05, 4.69) is 29.7 Å². The molecule has 4 rings (SSSR count). The highest BCUT2D eigenvalue weighted by Crippen LogP contribution is 2.50. The first kappa shape index (κ1) is 17.7. The first-order valence-electron chi connectivity index (χ1n) is 9.52. The summed E-state index contributed by atoms with van der Waals surface area (Å²) < 4.78 is 0. The van der Waals surface area contributed by atoms with E-state index in [0.717, 1.165) is 44.3 Å². The van der Waals surface area contributed by atoms with E-state index < -0.39 is 6.10 Å². The van der Waals surface area contributed by atoms with Crippen molar-refractivity contribution in [1.29, 1.82) is 0 Å². The van der Waals surface area contributed by atoms with E-state index >= 15 is 0 Å². The summed E-state index contributed by atoms with van der Waals surface area (Å²) in [6, 6.07) is 9.85. The van der Waals surface area contributed by atoms with E-state index in [0.29, 0.717) is 5.56 Å². The van der Waals surface area contributed by atoms with Gasteiger partial charge in [0.25, 0.3) is 5.91 Å². The molecule has 1 fully saturated rings. The fourth-order valence-corrected chi connectivity index (χ4v) is 5.54. The van der Waals surface area contributed by atoms with Crippen LogP contribution in [0, 0.1) is 0 Å². The van der Waals surface area contributed by atoms with Crippen LogP contribution in [0.5, 0.6) is 0 Å². The fraction of sp³-hybridized carbons (Fsp3) is 0.476. The summed E-state index contributed by atoms with van der Waals surface area (Å²) in [5.74, 6) is -0.0894. The average molecular weight is 371 g/mol. The number of hydrogen-bond donors (Lipinski definition) is 3. The molecule has 1 amide bonds. The number of carbonyl (C=O) groups excluding carboxylic acids is 1. The number of aliphatic hydroxyl groups is 1. The third-order valence-electron chi connectivity index (χ3n) is 5.91. The molecule has 0 saturated carbocycles. The molecule has 4 nitrogen and oxygen atoms in total.